The Bertz CT molecular complexity index is 474. The van der Waals surface area contributed by atoms with Gasteiger partial charge < -0.3 is 11.1 Å². The topological polar surface area (TPSA) is 85.8 Å². The summed E-state index contributed by atoms with van der Waals surface area (Å²) in [6, 6.07) is -0.289. The van der Waals surface area contributed by atoms with E-state index in [1.165, 1.54) is 0 Å². The average Bonchev–Trinajstić information content (AvgIpc) is 2.82. The van der Waals surface area contributed by atoms with Crippen molar-refractivity contribution in [2.24, 2.45) is 5.73 Å². The number of rotatable bonds is 5. The molecule has 0 aromatic carbocycles. The van der Waals surface area contributed by atoms with Crippen LogP contribution >= 0.6 is 12.4 Å². The van der Waals surface area contributed by atoms with Gasteiger partial charge in [-0.15, -0.1) is 12.4 Å². The Morgan fingerprint density at radius 3 is 2.86 bits per heavy atom. The van der Waals surface area contributed by atoms with Crippen LogP contribution < -0.4 is 11.1 Å². The molecule has 0 saturated carbocycles. The predicted octanol–water partition coefficient (Wildman–Crippen LogP) is 1.38. The third-order valence-electron chi connectivity index (χ3n) is 3.67. The zero-order valence-corrected chi connectivity index (χ0v) is 13.8. The van der Waals surface area contributed by atoms with E-state index in [1.807, 2.05) is 11.6 Å². The molecular weight excluding hydrogens is 290 g/mol. The zero-order valence-electron chi connectivity index (χ0n) is 13.0. The fourth-order valence-corrected chi connectivity index (χ4v) is 2.44. The molecule has 2 heterocycles. The fraction of sp³-hybridized carbons (Fsp3) is 0.786. The largest absolute Gasteiger partial charge is 0.350 e. The van der Waals surface area contributed by atoms with E-state index in [0.29, 0.717) is 12.5 Å². The van der Waals surface area contributed by atoms with Gasteiger partial charge >= 0.3 is 0 Å². The highest BCUT2D eigenvalue weighted by molar-refractivity contribution is 5.85. The Morgan fingerprint density at radius 2 is 2.24 bits per heavy atom. The van der Waals surface area contributed by atoms with Crippen molar-refractivity contribution >= 4 is 18.3 Å². The normalized spacial score (nSPS) is 18.8. The summed E-state index contributed by atoms with van der Waals surface area (Å²) in [5.74, 6) is 2.19. The van der Waals surface area contributed by atoms with Crippen molar-refractivity contribution in [1.29, 1.82) is 0 Å². The molecule has 0 fully saturated rings. The number of nitrogens with zero attached hydrogens (tertiary/aromatic N) is 3. The maximum absolute atomic E-state index is 11.9. The predicted molar refractivity (Wildman–Crippen MR) is 84.5 cm³/mol. The van der Waals surface area contributed by atoms with Crippen molar-refractivity contribution in [1.82, 2.24) is 20.1 Å². The van der Waals surface area contributed by atoms with Gasteiger partial charge in [0.2, 0.25) is 5.91 Å². The summed E-state index contributed by atoms with van der Waals surface area (Å²) in [5, 5.41) is 7.54. The van der Waals surface area contributed by atoms with Crippen LogP contribution in [0.25, 0.3) is 0 Å². The first-order valence-electron chi connectivity index (χ1n) is 7.50. The summed E-state index contributed by atoms with van der Waals surface area (Å²) in [6.45, 7) is 6.90. The number of carbonyl (C=O) groups excluding carboxylic acids is 1. The van der Waals surface area contributed by atoms with Crippen LogP contribution in [0.1, 0.15) is 57.6 Å². The minimum absolute atomic E-state index is 0. The molecule has 3 N–H and O–H groups in total. The molecule has 0 saturated heterocycles. The van der Waals surface area contributed by atoms with E-state index in [0.717, 1.165) is 37.3 Å². The number of nitrogens with one attached hydrogen (secondary N) is 1. The van der Waals surface area contributed by atoms with Crippen LogP contribution in [-0.4, -0.2) is 32.8 Å². The lowest BCUT2D eigenvalue weighted by atomic mass is 10.1. The molecule has 0 radical (unpaired) electrons. The highest BCUT2D eigenvalue weighted by Crippen LogP contribution is 2.17. The van der Waals surface area contributed by atoms with Crippen LogP contribution in [-0.2, 0) is 17.8 Å². The second-order valence-corrected chi connectivity index (χ2v) is 5.86. The van der Waals surface area contributed by atoms with Crippen molar-refractivity contribution in [3.8, 4) is 0 Å². The number of nitrogens with two attached hydrogens (primary N) is 1. The summed E-state index contributed by atoms with van der Waals surface area (Å²) in [7, 11) is 0. The van der Waals surface area contributed by atoms with E-state index in [1.54, 1.807) is 0 Å². The Kier molecular flexibility index (Phi) is 6.61. The van der Waals surface area contributed by atoms with Crippen LogP contribution in [0.5, 0.6) is 0 Å². The Labute approximate surface area is 132 Å². The van der Waals surface area contributed by atoms with Gasteiger partial charge in [0.1, 0.15) is 5.82 Å². The van der Waals surface area contributed by atoms with Gasteiger partial charge in [0.05, 0.1) is 12.6 Å². The molecule has 0 aliphatic carbocycles. The van der Waals surface area contributed by atoms with Crippen molar-refractivity contribution < 1.29 is 4.79 Å². The van der Waals surface area contributed by atoms with E-state index in [2.05, 4.69) is 29.2 Å². The van der Waals surface area contributed by atoms with Gasteiger partial charge in [-0.1, -0.05) is 27.2 Å². The Morgan fingerprint density at radius 1 is 1.52 bits per heavy atom. The van der Waals surface area contributed by atoms with Crippen LogP contribution in [0.4, 0.5) is 0 Å². The molecule has 7 heteroatoms. The summed E-state index contributed by atoms with van der Waals surface area (Å²) < 4.78 is 1.93. The molecule has 120 valence electrons. The molecule has 1 aromatic rings. The second-order valence-electron chi connectivity index (χ2n) is 5.86. The van der Waals surface area contributed by atoms with Crippen molar-refractivity contribution in [3.05, 3.63) is 11.6 Å². The van der Waals surface area contributed by atoms with Gasteiger partial charge in [-0.25, -0.2) is 9.67 Å². The summed E-state index contributed by atoms with van der Waals surface area (Å²) >= 11 is 0. The molecule has 0 bridgehead atoms. The molecule has 2 unspecified atom stereocenters. The zero-order chi connectivity index (χ0) is 14.7. The van der Waals surface area contributed by atoms with Crippen LogP contribution in [0.15, 0.2) is 0 Å². The van der Waals surface area contributed by atoms with Gasteiger partial charge in [-0.3, -0.25) is 4.79 Å². The smallest absolute Gasteiger partial charge is 0.237 e. The summed E-state index contributed by atoms with van der Waals surface area (Å²) in [5.41, 5.74) is 5.84. The van der Waals surface area contributed by atoms with Crippen LogP contribution in [0.3, 0.4) is 0 Å². The van der Waals surface area contributed by atoms with Gasteiger partial charge in [-0.2, -0.15) is 5.10 Å². The molecule has 1 amide bonds. The lowest BCUT2D eigenvalue weighted by Crippen LogP contribution is -2.48. The number of hydrogen-bond acceptors (Lipinski definition) is 4. The molecule has 1 aromatic heterocycles. The van der Waals surface area contributed by atoms with Gasteiger partial charge in [0, 0.05) is 18.4 Å². The highest BCUT2D eigenvalue weighted by atomic mass is 35.5. The molecule has 6 nitrogen and oxygen atoms in total. The number of amides is 1. The van der Waals surface area contributed by atoms with Crippen LogP contribution in [0, 0.1) is 0 Å². The van der Waals surface area contributed by atoms with Gasteiger partial charge in [-0.05, 0) is 12.8 Å². The maximum Gasteiger partial charge on any atom is 0.237 e. The third kappa shape index (κ3) is 4.41. The number of fused-ring (bicyclic) bond motifs is 1. The molecule has 2 atom stereocenters. The van der Waals surface area contributed by atoms with Crippen molar-refractivity contribution in [2.45, 2.75) is 71.0 Å². The Hall–Kier alpha value is -1.14. The molecule has 0 spiro atoms. The van der Waals surface area contributed by atoms with E-state index >= 15 is 0 Å². The lowest BCUT2D eigenvalue weighted by molar-refractivity contribution is -0.123. The fourth-order valence-electron chi connectivity index (χ4n) is 2.44. The summed E-state index contributed by atoms with van der Waals surface area (Å²) in [4.78, 5) is 16.5. The minimum atomic E-state index is -0.400. The Balaban J connectivity index is 0.00000220. The minimum Gasteiger partial charge on any atom is -0.350 e. The number of halogens is 1. The third-order valence-corrected chi connectivity index (χ3v) is 3.67. The quantitative estimate of drug-likeness (QED) is 0.859. The van der Waals surface area contributed by atoms with Crippen molar-refractivity contribution in [3.63, 3.8) is 0 Å². The van der Waals surface area contributed by atoms with Gasteiger partial charge in [0.25, 0.3) is 0 Å². The first-order chi connectivity index (χ1) is 9.51. The van der Waals surface area contributed by atoms with E-state index in [4.69, 9.17) is 5.73 Å². The lowest BCUT2D eigenvalue weighted by Gasteiger charge is -2.24. The van der Waals surface area contributed by atoms with Gasteiger partial charge in [0.15, 0.2) is 5.82 Å². The SMILES string of the molecule is CCCC(N)C(=O)NC1CCc2nc(C(C)C)nn2C1.Cl. The second kappa shape index (κ2) is 7.75. The maximum atomic E-state index is 11.9. The summed E-state index contributed by atoms with van der Waals surface area (Å²) in [6.07, 6.45) is 3.41. The van der Waals surface area contributed by atoms with E-state index < -0.39 is 6.04 Å². The molecule has 2 rings (SSSR count). The molecular formula is C14H26ClN5O. The first kappa shape index (κ1) is 17.9. The number of carbonyl (C=O) groups is 1. The monoisotopic (exact) mass is 315 g/mol. The number of aryl methyl sites for hydroxylation is 1. The van der Waals surface area contributed by atoms with Crippen molar-refractivity contribution in [2.75, 3.05) is 0 Å². The molecule has 21 heavy (non-hydrogen) atoms. The van der Waals surface area contributed by atoms with E-state index in [9.17, 15) is 4.79 Å². The number of aromatic nitrogens is 3. The molecule has 1 aliphatic heterocycles. The highest BCUT2D eigenvalue weighted by Gasteiger charge is 2.24. The first-order valence-corrected chi connectivity index (χ1v) is 7.50. The standard InChI is InChI=1S/C14H25N5O.ClH/c1-4-5-11(15)14(20)16-10-6-7-12-17-13(9(2)3)18-19(12)8-10;/h9-11H,4-8,15H2,1-3H3,(H,16,20);1H. The number of hydrogen-bond donors (Lipinski definition) is 2. The average molecular weight is 316 g/mol. The van der Waals surface area contributed by atoms with Crippen LogP contribution in [0.2, 0.25) is 0 Å². The molecule has 1 aliphatic rings. The van der Waals surface area contributed by atoms with E-state index in [-0.39, 0.29) is 24.4 Å².